The highest BCUT2D eigenvalue weighted by Gasteiger charge is 2.31. The van der Waals surface area contributed by atoms with E-state index in [-0.39, 0.29) is 29.6 Å². The van der Waals surface area contributed by atoms with E-state index >= 15 is 0 Å². The highest BCUT2D eigenvalue weighted by atomic mass is 32.2. The number of sulfonamides is 1. The average molecular weight is 377 g/mol. The van der Waals surface area contributed by atoms with E-state index in [1.165, 1.54) is 28.6 Å². The van der Waals surface area contributed by atoms with Crippen LogP contribution in [0.2, 0.25) is 0 Å². The number of benzene rings is 1. The molecule has 4 rings (SSSR count). The average Bonchev–Trinajstić information content (AvgIpc) is 2.95. The van der Waals surface area contributed by atoms with Gasteiger partial charge in [-0.2, -0.15) is 4.31 Å². The van der Waals surface area contributed by atoms with Gasteiger partial charge in [-0.25, -0.2) is 12.8 Å². The fraction of sp³-hybridized carbons (Fsp3) is 0.235. The second-order valence-corrected chi connectivity index (χ2v) is 7.82. The Kier molecular flexibility index (Phi) is 4.04. The van der Waals surface area contributed by atoms with Crippen LogP contribution in [0.4, 0.5) is 4.39 Å². The van der Waals surface area contributed by atoms with Gasteiger partial charge in [-0.05, 0) is 36.4 Å². The molecule has 3 heterocycles. The Labute approximate surface area is 149 Å². The number of alkyl halides is 1. The number of fused-ring (bicyclic) bond motifs is 3. The number of aromatic hydroxyl groups is 1. The van der Waals surface area contributed by atoms with Crippen molar-refractivity contribution in [3.05, 3.63) is 48.3 Å². The standard InChI is InChI=1S/C17H16FN3O4S/c18-11-25-12-3-5-13(6-4-12)26(23,24)20-8-9-21-15(10-20)16-14(17(21)22)2-1-7-19-16/h1-7,22H,8-11H2. The summed E-state index contributed by atoms with van der Waals surface area (Å²) in [5, 5.41) is 10.9. The van der Waals surface area contributed by atoms with Crippen LogP contribution in [0.5, 0.6) is 11.6 Å². The molecule has 2 aromatic heterocycles. The molecule has 3 aromatic rings. The van der Waals surface area contributed by atoms with Crippen LogP contribution in [-0.4, -0.2) is 40.8 Å². The van der Waals surface area contributed by atoms with Crippen molar-refractivity contribution in [2.45, 2.75) is 18.0 Å². The van der Waals surface area contributed by atoms with Gasteiger partial charge in [0.15, 0.2) is 0 Å². The lowest BCUT2D eigenvalue weighted by Crippen LogP contribution is -2.38. The molecule has 1 N–H and O–H groups in total. The summed E-state index contributed by atoms with van der Waals surface area (Å²) in [4.78, 5) is 4.38. The molecule has 0 fully saturated rings. The molecule has 136 valence electrons. The Hall–Kier alpha value is -2.65. The molecule has 0 spiro atoms. The first-order valence-electron chi connectivity index (χ1n) is 7.96. The van der Waals surface area contributed by atoms with Crippen molar-refractivity contribution in [1.29, 1.82) is 0 Å². The van der Waals surface area contributed by atoms with E-state index in [9.17, 15) is 17.9 Å². The molecule has 0 radical (unpaired) electrons. The van der Waals surface area contributed by atoms with Gasteiger partial charge in [0.2, 0.25) is 22.8 Å². The molecule has 0 saturated carbocycles. The lowest BCUT2D eigenvalue weighted by Gasteiger charge is -2.28. The Morgan fingerprint density at radius 1 is 1.19 bits per heavy atom. The molecule has 26 heavy (non-hydrogen) atoms. The van der Waals surface area contributed by atoms with Crippen molar-refractivity contribution in [2.75, 3.05) is 13.4 Å². The minimum atomic E-state index is -3.73. The maximum absolute atomic E-state index is 12.9. The molecular formula is C17H16FN3O4S. The fourth-order valence-corrected chi connectivity index (χ4v) is 4.59. The van der Waals surface area contributed by atoms with E-state index < -0.39 is 16.9 Å². The fourth-order valence-electron chi connectivity index (χ4n) is 3.20. The highest BCUT2D eigenvalue weighted by Crippen LogP contribution is 2.34. The van der Waals surface area contributed by atoms with Crippen LogP contribution in [0.3, 0.4) is 0 Å². The third kappa shape index (κ3) is 2.60. The number of ether oxygens (including phenoxy) is 1. The second-order valence-electron chi connectivity index (χ2n) is 5.88. The normalized spacial score (nSPS) is 15.1. The second kappa shape index (κ2) is 6.26. The van der Waals surface area contributed by atoms with Crippen LogP contribution < -0.4 is 4.74 Å². The van der Waals surface area contributed by atoms with Gasteiger partial charge >= 0.3 is 0 Å². The quantitative estimate of drug-likeness (QED) is 0.754. The van der Waals surface area contributed by atoms with Gasteiger partial charge in [0.05, 0.1) is 28.0 Å². The van der Waals surface area contributed by atoms with Gasteiger partial charge < -0.3 is 14.4 Å². The smallest absolute Gasteiger partial charge is 0.243 e. The first-order chi connectivity index (χ1) is 12.5. The zero-order chi connectivity index (χ0) is 18.3. The first-order valence-corrected chi connectivity index (χ1v) is 9.40. The molecule has 0 saturated heterocycles. The van der Waals surface area contributed by atoms with E-state index in [0.29, 0.717) is 23.1 Å². The number of pyridine rings is 1. The third-order valence-corrected chi connectivity index (χ3v) is 6.34. The SMILES string of the molecule is O=S(=O)(c1ccc(OCF)cc1)N1CCn2c(O)c3cccnc3c2C1. The molecule has 0 unspecified atom stereocenters. The molecule has 1 aliphatic heterocycles. The van der Waals surface area contributed by atoms with Gasteiger partial charge in [0.1, 0.15) is 5.75 Å². The van der Waals surface area contributed by atoms with Crippen molar-refractivity contribution in [3.8, 4) is 11.6 Å². The lowest BCUT2D eigenvalue weighted by atomic mass is 10.2. The molecule has 0 bridgehead atoms. The van der Waals surface area contributed by atoms with Gasteiger partial charge in [-0.15, -0.1) is 0 Å². The summed E-state index contributed by atoms with van der Waals surface area (Å²) in [5.74, 6) is 0.368. The summed E-state index contributed by atoms with van der Waals surface area (Å²) < 4.78 is 45.8. The van der Waals surface area contributed by atoms with Crippen molar-refractivity contribution in [3.63, 3.8) is 0 Å². The molecular weight excluding hydrogens is 361 g/mol. The summed E-state index contributed by atoms with van der Waals surface area (Å²) in [6.45, 7) is -0.301. The number of nitrogens with zero attached hydrogens (tertiary/aromatic N) is 3. The molecule has 9 heteroatoms. The van der Waals surface area contributed by atoms with Crippen molar-refractivity contribution >= 4 is 20.9 Å². The maximum atomic E-state index is 12.9. The maximum Gasteiger partial charge on any atom is 0.243 e. The summed E-state index contributed by atoms with van der Waals surface area (Å²) in [7, 11) is -3.73. The molecule has 1 aromatic carbocycles. The van der Waals surface area contributed by atoms with E-state index in [0.717, 1.165) is 0 Å². The topological polar surface area (TPSA) is 84.7 Å². The van der Waals surface area contributed by atoms with Crippen molar-refractivity contribution in [2.24, 2.45) is 0 Å². The Bertz CT molecular complexity index is 1060. The van der Waals surface area contributed by atoms with Crippen LogP contribution in [-0.2, 0) is 23.1 Å². The predicted molar refractivity (Wildman–Crippen MR) is 92.0 cm³/mol. The van der Waals surface area contributed by atoms with Gasteiger partial charge in [0, 0.05) is 19.3 Å². The summed E-state index contributed by atoms with van der Waals surface area (Å²) in [6, 6.07) is 9.10. The molecule has 1 aliphatic rings. The molecule has 7 nitrogen and oxygen atoms in total. The Morgan fingerprint density at radius 3 is 2.69 bits per heavy atom. The number of halogens is 1. The minimum Gasteiger partial charge on any atom is -0.494 e. The molecule has 0 atom stereocenters. The number of hydrogen-bond acceptors (Lipinski definition) is 5. The van der Waals surface area contributed by atoms with Crippen LogP contribution in [0.25, 0.3) is 10.9 Å². The highest BCUT2D eigenvalue weighted by molar-refractivity contribution is 7.89. The van der Waals surface area contributed by atoms with Gasteiger partial charge in [-0.1, -0.05) is 0 Å². The van der Waals surface area contributed by atoms with Crippen LogP contribution >= 0.6 is 0 Å². The summed E-state index contributed by atoms with van der Waals surface area (Å²) >= 11 is 0. The van der Waals surface area contributed by atoms with Crippen LogP contribution in [0, 0.1) is 0 Å². The van der Waals surface area contributed by atoms with E-state index in [1.807, 2.05) is 0 Å². The largest absolute Gasteiger partial charge is 0.494 e. The van der Waals surface area contributed by atoms with E-state index in [1.54, 1.807) is 22.9 Å². The number of aromatic nitrogens is 2. The summed E-state index contributed by atoms with van der Waals surface area (Å²) in [6.07, 6.45) is 1.61. The van der Waals surface area contributed by atoms with Gasteiger partial charge in [0.25, 0.3) is 0 Å². The molecule has 0 aliphatic carbocycles. The zero-order valence-corrected chi connectivity index (χ0v) is 14.5. The van der Waals surface area contributed by atoms with E-state index in [4.69, 9.17) is 4.74 Å². The number of hydrogen-bond donors (Lipinski definition) is 1. The third-order valence-electron chi connectivity index (χ3n) is 4.49. The van der Waals surface area contributed by atoms with Crippen LogP contribution in [0.15, 0.2) is 47.5 Å². The van der Waals surface area contributed by atoms with Crippen molar-refractivity contribution < 1.29 is 22.7 Å². The molecule has 0 amide bonds. The zero-order valence-electron chi connectivity index (χ0n) is 13.7. The first kappa shape index (κ1) is 16.8. The van der Waals surface area contributed by atoms with Crippen molar-refractivity contribution in [1.82, 2.24) is 13.9 Å². The van der Waals surface area contributed by atoms with Gasteiger partial charge in [-0.3, -0.25) is 4.98 Å². The lowest BCUT2D eigenvalue weighted by molar-refractivity contribution is 0.191. The predicted octanol–water partition coefficient (Wildman–Crippen LogP) is 2.25. The van der Waals surface area contributed by atoms with E-state index in [2.05, 4.69) is 4.98 Å². The summed E-state index contributed by atoms with van der Waals surface area (Å²) in [5.41, 5.74) is 1.25. The monoisotopic (exact) mass is 377 g/mol. The van der Waals surface area contributed by atoms with Crippen LogP contribution in [0.1, 0.15) is 5.69 Å². The minimum absolute atomic E-state index is 0.102. The number of rotatable bonds is 4. The Morgan fingerprint density at radius 2 is 1.96 bits per heavy atom. The Balaban J connectivity index is 1.68.